The zero-order valence-electron chi connectivity index (χ0n) is 17.8. The Hall–Kier alpha value is -1.43. The minimum Gasteiger partial charge on any atom is -0.497 e. The van der Waals surface area contributed by atoms with Crippen molar-refractivity contribution in [1.29, 1.82) is 0 Å². The van der Waals surface area contributed by atoms with Crippen LogP contribution >= 0.6 is 24.0 Å². The summed E-state index contributed by atoms with van der Waals surface area (Å²) in [6, 6.07) is 8.21. The van der Waals surface area contributed by atoms with Crippen molar-refractivity contribution in [2.75, 3.05) is 58.3 Å². The molecule has 1 atom stereocenters. The summed E-state index contributed by atoms with van der Waals surface area (Å²) in [5.74, 6) is 1.47. The number of halogens is 4. The first-order valence-electron chi connectivity index (χ1n) is 10.00. The van der Waals surface area contributed by atoms with E-state index >= 15 is 0 Å². The Morgan fingerprint density at radius 2 is 2.13 bits per heavy atom. The van der Waals surface area contributed by atoms with Crippen molar-refractivity contribution >= 4 is 35.6 Å². The summed E-state index contributed by atoms with van der Waals surface area (Å²) in [4.78, 5) is 7.99. The number of ether oxygens (including phenoxy) is 1. The van der Waals surface area contributed by atoms with Crippen molar-refractivity contribution in [3.05, 3.63) is 24.3 Å². The summed E-state index contributed by atoms with van der Waals surface area (Å²) in [5, 5.41) is 6.62. The van der Waals surface area contributed by atoms with Crippen LogP contribution in [-0.2, 0) is 0 Å². The van der Waals surface area contributed by atoms with Crippen molar-refractivity contribution < 1.29 is 17.9 Å². The maximum absolute atomic E-state index is 12.4. The average molecular weight is 543 g/mol. The van der Waals surface area contributed by atoms with Gasteiger partial charge in [0, 0.05) is 44.0 Å². The maximum Gasteiger partial charge on any atom is 0.401 e. The molecule has 0 aliphatic carbocycles. The van der Waals surface area contributed by atoms with Crippen molar-refractivity contribution in [1.82, 2.24) is 15.5 Å². The monoisotopic (exact) mass is 543 g/mol. The van der Waals surface area contributed by atoms with Gasteiger partial charge in [-0.1, -0.05) is 6.07 Å². The van der Waals surface area contributed by atoms with Gasteiger partial charge in [-0.15, -0.1) is 24.0 Å². The highest BCUT2D eigenvalue weighted by atomic mass is 127. The number of anilines is 1. The van der Waals surface area contributed by atoms with Gasteiger partial charge >= 0.3 is 6.18 Å². The normalized spacial score (nSPS) is 17.5. The highest BCUT2D eigenvalue weighted by molar-refractivity contribution is 14.0. The summed E-state index contributed by atoms with van der Waals surface area (Å²) in [6.45, 7) is 4.08. The lowest BCUT2D eigenvalue weighted by molar-refractivity contribution is -0.142. The highest BCUT2D eigenvalue weighted by Gasteiger charge is 2.28. The van der Waals surface area contributed by atoms with Crippen LogP contribution in [0.2, 0.25) is 0 Å². The predicted molar refractivity (Wildman–Crippen MR) is 126 cm³/mol. The van der Waals surface area contributed by atoms with Crippen LogP contribution in [0.3, 0.4) is 0 Å². The number of likely N-dealkylation sites (N-methyl/N-ethyl adjacent to an activating group) is 1. The molecule has 0 aromatic heterocycles. The highest BCUT2D eigenvalue weighted by Crippen LogP contribution is 2.24. The topological polar surface area (TPSA) is 52.1 Å². The predicted octanol–water partition coefficient (Wildman–Crippen LogP) is 3.33. The van der Waals surface area contributed by atoms with Crippen LogP contribution in [0.25, 0.3) is 0 Å². The second kappa shape index (κ2) is 13.1. The largest absolute Gasteiger partial charge is 0.497 e. The number of benzene rings is 1. The molecular formula is C20H33F3IN5O. The van der Waals surface area contributed by atoms with Gasteiger partial charge in [-0.3, -0.25) is 9.89 Å². The molecule has 0 radical (unpaired) electrons. The Balaban J connectivity index is 0.00000450. The molecule has 0 saturated carbocycles. The third-order valence-corrected chi connectivity index (χ3v) is 4.73. The third-order valence-electron chi connectivity index (χ3n) is 4.73. The van der Waals surface area contributed by atoms with Gasteiger partial charge in [-0.25, -0.2) is 0 Å². The zero-order valence-corrected chi connectivity index (χ0v) is 20.2. The first-order valence-corrected chi connectivity index (χ1v) is 10.00. The molecule has 10 heteroatoms. The van der Waals surface area contributed by atoms with E-state index in [9.17, 15) is 13.2 Å². The number of methoxy groups -OCH3 is 1. The summed E-state index contributed by atoms with van der Waals surface area (Å²) in [5.41, 5.74) is 1.12. The maximum atomic E-state index is 12.4. The molecule has 1 unspecified atom stereocenters. The van der Waals surface area contributed by atoms with Crippen molar-refractivity contribution in [3.8, 4) is 5.75 Å². The van der Waals surface area contributed by atoms with E-state index in [1.807, 2.05) is 25.1 Å². The number of hydrogen-bond donors (Lipinski definition) is 2. The van der Waals surface area contributed by atoms with E-state index in [-0.39, 0.29) is 36.6 Å². The van der Waals surface area contributed by atoms with Gasteiger partial charge in [-0.05, 0) is 38.9 Å². The van der Waals surface area contributed by atoms with Crippen molar-refractivity contribution in [3.63, 3.8) is 0 Å². The minimum absolute atomic E-state index is 0. The van der Waals surface area contributed by atoms with E-state index in [4.69, 9.17) is 4.74 Å². The molecule has 1 heterocycles. The summed E-state index contributed by atoms with van der Waals surface area (Å²) in [7, 11) is 3.11. The van der Waals surface area contributed by atoms with Gasteiger partial charge in [-0.2, -0.15) is 13.2 Å². The van der Waals surface area contributed by atoms with Crippen molar-refractivity contribution in [2.45, 2.75) is 32.0 Å². The second-order valence-corrected chi connectivity index (χ2v) is 7.24. The lowest BCUT2D eigenvalue weighted by Crippen LogP contribution is -2.51. The Morgan fingerprint density at radius 3 is 2.80 bits per heavy atom. The summed E-state index contributed by atoms with van der Waals surface area (Å²) < 4.78 is 42.6. The molecular weight excluding hydrogens is 510 g/mol. The Kier molecular flexibility index (Phi) is 11.6. The number of piperidine rings is 1. The van der Waals surface area contributed by atoms with E-state index < -0.39 is 12.7 Å². The molecule has 6 nitrogen and oxygen atoms in total. The van der Waals surface area contributed by atoms with Crippen LogP contribution in [-0.4, -0.2) is 76.5 Å². The van der Waals surface area contributed by atoms with E-state index in [1.165, 1.54) is 11.9 Å². The number of nitrogens with zero attached hydrogens (tertiary/aromatic N) is 3. The molecule has 2 N–H and O–H groups in total. The van der Waals surface area contributed by atoms with E-state index in [0.29, 0.717) is 19.0 Å². The Morgan fingerprint density at radius 1 is 1.37 bits per heavy atom. The molecule has 0 bridgehead atoms. The lowest BCUT2D eigenvalue weighted by atomic mass is 10.0. The second-order valence-electron chi connectivity index (χ2n) is 7.24. The fourth-order valence-corrected chi connectivity index (χ4v) is 3.37. The SMILES string of the molecule is CCNC(=NCCN(C)CC(F)(F)F)NC1CCCN(c2cccc(OC)c2)C1.I. The van der Waals surface area contributed by atoms with Crippen LogP contribution in [0.1, 0.15) is 19.8 Å². The minimum atomic E-state index is -4.19. The third kappa shape index (κ3) is 9.59. The molecule has 1 fully saturated rings. The fourth-order valence-electron chi connectivity index (χ4n) is 3.37. The van der Waals surface area contributed by atoms with E-state index in [2.05, 4.69) is 26.6 Å². The average Bonchev–Trinajstić information content (AvgIpc) is 2.67. The van der Waals surface area contributed by atoms with Crippen LogP contribution < -0.4 is 20.3 Å². The quantitative estimate of drug-likeness (QED) is 0.300. The first kappa shape index (κ1) is 26.6. The van der Waals surface area contributed by atoms with Gasteiger partial charge in [0.15, 0.2) is 5.96 Å². The lowest BCUT2D eigenvalue weighted by Gasteiger charge is -2.35. The fraction of sp³-hybridized carbons (Fsp3) is 0.650. The van der Waals surface area contributed by atoms with Gasteiger partial charge in [0.05, 0.1) is 20.2 Å². The number of rotatable bonds is 8. The number of hydrogen-bond acceptors (Lipinski definition) is 4. The van der Waals surface area contributed by atoms with E-state index in [1.54, 1.807) is 7.11 Å². The van der Waals surface area contributed by atoms with Gasteiger partial charge in [0.2, 0.25) is 0 Å². The van der Waals surface area contributed by atoms with Gasteiger partial charge in [0.1, 0.15) is 5.75 Å². The number of guanidine groups is 1. The van der Waals surface area contributed by atoms with Crippen LogP contribution in [0, 0.1) is 0 Å². The molecule has 2 rings (SSSR count). The molecule has 0 spiro atoms. The van der Waals surface area contributed by atoms with Crippen LogP contribution in [0.15, 0.2) is 29.3 Å². The summed E-state index contributed by atoms with van der Waals surface area (Å²) >= 11 is 0. The number of alkyl halides is 3. The number of aliphatic imine (C=N–C) groups is 1. The molecule has 1 aromatic rings. The standard InChI is InChI=1S/C20H32F3N5O.HI/c1-4-24-19(25-10-12-27(2)15-20(21,22)23)26-16-7-6-11-28(14-16)17-8-5-9-18(13-17)29-3;/h5,8-9,13,16H,4,6-7,10-12,14-15H2,1-3H3,(H2,24,25,26);1H. The molecule has 30 heavy (non-hydrogen) atoms. The van der Waals surface area contributed by atoms with Crippen LogP contribution in [0.4, 0.5) is 18.9 Å². The molecule has 1 aromatic carbocycles. The molecule has 1 aliphatic heterocycles. The summed E-state index contributed by atoms with van der Waals surface area (Å²) in [6.07, 6.45) is -2.13. The molecule has 172 valence electrons. The zero-order chi connectivity index (χ0) is 21.3. The molecule has 1 aliphatic rings. The smallest absolute Gasteiger partial charge is 0.401 e. The van der Waals surface area contributed by atoms with Gasteiger partial charge < -0.3 is 20.3 Å². The first-order chi connectivity index (χ1) is 13.8. The Labute approximate surface area is 194 Å². The number of nitrogens with one attached hydrogen (secondary N) is 2. The molecule has 0 amide bonds. The van der Waals surface area contributed by atoms with E-state index in [0.717, 1.165) is 37.4 Å². The molecule has 1 saturated heterocycles. The van der Waals surface area contributed by atoms with Crippen molar-refractivity contribution in [2.24, 2.45) is 4.99 Å². The Bertz CT molecular complexity index is 660. The van der Waals surface area contributed by atoms with Gasteiger partial charge in [0.25, 0.3) is 0 Å². The van der Waals surface area contributed by atoms with Crippen LogP contribution in [0.5, 0.6) is 5.75 Å².